The van der Waals surface area contributed by atoms with Crippen LogP contribution in [0, 0.1) is 0 Å². The summed E-state index contributed by atoms with van der Waals surface area (Å²) in [6, 6.07) is 9.89. The lowest BCUT2D eigenvalue weighted by Gasteiger charge is -2.30. The average molecular weight is 492 g/mol. The van der Waals surface area contributed by atoms with E-state index in [-0.39, 0.29) is 12.4 Å². The van der Waals surface area contributed by atoms with Crippen LogP contribution in [0.2, 0.25) is 0 Å². The highest BCUT2D eigenvalue weighted by Gasteiger charge is 2.34. The highest BCUT2D eigenvalue weighted by Crippen LogP contribution is 2.36. The van der Waals surface area contributed by atoms with Crippen molar-refractivity contribution in [3.05, 3.63) is 70.8 Å². The number of alkyl halides is 3. The second-order valence-electron chi connectivity index (χ2n) is 9.06. The minimum atomic E-state index is -4.54. The Kier molecular flexibility index (Phi) is 7.77. The number of nitrogens with zero attached hydrogens (tertiary/aromatic N) is 1. The summed E-state index contributed by atoms with van der Waals surface area (Å²) < 4.78 is 55.6. The van der Waals surface area contributed by atoms with Gasteiger partial charge in [-0.3, -0.25) is 0 Å². The molecule has 1 aliphatic rings. The Balaban J connectivity index is 1.83. The first-order valence-electron chi connectivity index (χ1n) is 11.1. The van der Waals surface area contributed by atoms with E-state index in [1.165, 1.54) is 25.3 Å². The highest BCUT2D eigenvalue weighted by atomic mass is 19.4. The van der Waals surface area contributed by atoms with Crippen LogP contribution in [0.15, 0.2) is 48.5 Å². The van der Waals surface area contributed by atoms with Gasteiger partial charge in [0, 0.05) is 13.1 Å². The summed E-state index contributed by atoms with van der Waals surface area (Å²) in [7, 11) is 1.27. The molecular weight excluding hydrogens is 463 g/mol. The Morgan fingerprint density at radius 1 is 1.06 bits per heavy atom. The van der Waals surface area contributed by atoms with Gasteiger partial charge in [-0.1, -0.05) is 24.3 Å². The highest BCUT2D eigenvalue weighted by molar-refractivity contribution is 5.95. The van der Waals surface area contributed by atoms with Crippen molar-refractivity contribution in [1.29, 1.82) is 0 Å². The fourth-order valence-corrected chi connectivity index (χ4v) is 3.63. The second-order valence-corrected chi connectivity index (χ2v) is 9.06. The van der Waals surface area contributed by atoms with E-state index in [2.05, 4.69) is 0 Å². The van der Waals surface area contributed by atoms with E-state index in [1.54, 1.807) is 43.9 Å². The van der Waals surface area contributed by atoms with E-state index in [9.17, 15) is 22.8 Å². The van der Waals surface area contributed by atoms with E-state index < -0.39 is 29.4 Å². The van der Waals surface area contributed by atoms with E-state index in [0.717, 1.165) is 11.6 Å². The van der Waals surface area contributed by atoms with Gasteiger partial charge in [0.05, 0.1) is 18.2 Å². The van der Waals surface area contributed by atoms with Crippen molar-refractivity contribution < 1.29 is 37.0 Å². The molecule has 6 nitrogen and oxygen atoms in total. The van der Waals surface area contributed by atoms with E-state index in [1.807, 2.05) is 6.08 Å². The van der Waals surface area contributed by atoms with Gasteiger partial charge in [0.2, 0.25) is 0 Å². The third kappa shape index (κ3) is 6.77. The summed E-state index contributed by atoms with van der Waals surface area (Å²) in [5.74, 6) is -0.811. The second kappa shape index (κ2) is 10.4. The lowest BCUT2D eigenvalue weighted by molar-refractivity contribution is -0.139. The van der Waals surface area contributed by atoms with Crippen LogP contribution < -0.4 is 4.74 Å². The van der Waals surface area contributed by atoms with Crippen molar-refractivity contribution in [3.63, 3.8) is 0 Å². The third-order valence-electron chi connectivity index (χ3n) is 5.28. The van der Waals surface area contributed by atoms with Crippen LogP contribution in [0.5, 0.6) is 5.75 Å². The summed E-state index contributed by atoms with van der Waals surface area (Å²) in [6.45, 7) is 5.93. The standard InChI is InChI=1S/C26H28F3NO5/c1-25(2,3)35-24(32)30-13-11-18(12-14-30)20-15-17(9-10-19(20)23(31)33-4)16-34-22-8-6-5-7-21(22)26(27,28)29/h5-11,15H,12-14,16H2,1-4H3. The van der Waals surface area contributed by atoms with Gasteiger partial charge >= 0.3 is 18.2 Å². The number of amides is 1. The smallest absolute Gasteiger partial charge is 0.419 e. The molecule has 0 radical (unpaired) electrons. The van der Waals surface area contributed by atoms with Crippen molar-refractivity contribution in [2.45, 2.75) is 45.6 Å². The molecule has 0 fully saturated rings. The Hall–Kier alpha value is -3.49. The van der Waals surface area contributed by atoms with Gasteiger partial charge in [0.1, 0.15) is 18.0 Å². The molecule has 188 valence electrons. The molecule has 0 saturated carbocycles. The van der Waals surface area contributed by atoms with Gasteiger partial charge in [-0.2, -0.15) is 13.2 Å². The molecule has 1 amide bonds. The van der Waals surface area contributed by atoms with Gasteiger partial charge in [0.15, 0.2) is 0 Å². The van der Waals surface area contributed by atoms with Gasteiger partial charge in [-0.15, -0.1) is 0 Å². The fraction of sp³-hybridized carbons (Fsp3) is 0.385. The van der Waals surface area contributed by atoms with Crippen molar-refractivity contribution in [3.8, 4) is 5.75 Å². The molecule has 1 heterocycles. The van der Waals surface area contributed by atoms with Gasteiger partial charge in [-0.25, -0.2) is 9.59 Å². The number of ether oxygens (including phenoxy) is 3. The van der Waals surface area contributed by atoms with Crippen molar-refractivity contribution in [2.75, 3.05) is 20.2 Å². The summed E-state index contributed by atoms with van der Waals surface area (Å²) in [6.07, 6.45) is -2.67. The van der Waals surface area contributed by atoms with Gasteiger partial charge in [0.25, 0.3) is 0 Å². The molecule has 0 aliphatic carbocycles. The molecule has 35 heavy (non-hydrogen) atoms. The number of rotatable bonds is 5. The SMILES string of the molecule is COC(=O)c1ccc(COc2ccccc2C(F)(F)F)cc1C1=CCN(C(=O)OC(C)(C)C)CC1. The van der Waals surface area contributed by atoms with E-state index >= 15 is 0 Å². The van der Waals surface area contributed by atoms with Crippen LogP contribution in [0.4, 0.5) is 18.0 Å². The fourth-order valence-electron chi connectivity index (χ4n) is 3.63. The maximum atomic E-state index is 13.3. The first-order chi connectivity index (χ1) is 16.4. The topological polar surface area (TPSA) is 65.1 Å². The maximum Gasteiger partial charge on any atom is 0.419 e. The number of benzene rings is 2. The molecular formula is C26H28F3NO5. The molecule has 0 N–H and O–H groups in total. The van der Waals surface area contributed by atoms with Crippen molar-refractivity contribution in [1.82, 2.24) is 4.90 Å². The average Bonchev–Trinajstić information content (AvgIpc) is 2.80. The summed E-state index contributed by atoms with van der Waals surface area (Å²) in [5.41, 5.74) is 0.847. The lowest BCUT2D eigenvalue weighted by atomic mass is 9.93. The van der Waals surface area contributed by atoms with Crippen LogP contribution in [-0.4, -0.2) is 42.8 Å². The van der Waals surface area contributed by atoms with Crippen LogP contribution in [-0.2, 0) is 22.3 Å². The summed E-state index contributed by atoms with van der Waals surface area (Å²) >= 11 is 0. The van der Waals surface area contributed by atoms with Crippen LogP contribution in [0.1, 0.15) is 54.2 Å². The number of hydrogen-bond donors (Lipinski definition) is 0. The zero-order chi connectivity index (χ0) is 25.8. The molecule has 0 aromatic heterocycles. The van der Waals surface area contributed by atoms with Gasteiger partial charge < -0.3 is 19.1 Å². The molecule has 0 bridgehead atoms. The van der Waals surface area contributed by atoms with Crippen molar-refractivity contribution >= 4 is 17.6 Å². The molecule has 1 aliphatic heterocycles. The number of carbonyl (C=O) groups is 2. The number of halogens is 3. The first kappa shape index (κ1) is 26.1. The Labute approximate surface area is 202 Å². The molecule has 0 atom stereocenters. The molecule has 3 rings (SSSR count). The summed E-state index contributed by atoms with van der Waals surface area (Å²) in [5, 5.41) is 0. The van der Waals surface area contributed by atoms with Crippen LogP contribution >= 0.6 is 0 Å². The van der Waals surface area contributed by atoms with E-state index in [4.69, 9.17) is 14.2 Å². The molecule has 2 aromatic rings. The van der Waals surface area contributed by atoms with Crippen LogP contribution in [0.3, 0.4) is 0 Å². The molecule has 0 spiro atoms. The lowest BCUT2D eigenvalue weighted by Crippen LogP contribution is -2.39. The summed E-state index contributed by atoms with van der Waals surface area (Å²) in [4.78, 5) is 26.3. The zero-order valence-electron chi connectivity index (χ0n) is 20.1. The Morgan fingerprint density at radius 3 is 2.37 bits per heavy atom. The predicted molar refractivity (Wildman–Crippen MR) is 124 cm³/mol. The quantitative estimate of drug-likeness (QED) is 0.473. The van der Waals surface area contributed by atoms with Crippen molar-refractivity contribution in [2.24, 2.45) is 0 Å². The minimum Gasteiger partial charge on any atom is -0.488 e. The van der Waals surface area contributed by atoms with Gasteiger partial charge in [-0.05, 0) is 68.2 Å². The molecule has 2 aromatic carbocycles. The Bertz CT molecular complexity index is 1120. The Morgan fingerprint density at radius 2 is 1.77 bits per heavy atom. The zero-order valence-corrected chi connectivity index (χ0v) is 20.1. The predicted octanol–water partition coefficient (Wildman–Crippen LogP) is 6.10. The first-order valence-corrected chi connectivity index (χ1v) is 11.1. The normalized spacial score (nSPS) is 14.3. The maximum absolute atomic E-state index is 13.3. The molecule has 9 heteroatoms. The number of methoxy groups -OCH3 is 1. The van der Waals surface area contributed by atoms with Crippen LogP contribution in [0.25, 0.3) is 5.57 Å². The third-order valence-corrected chi connectivity index (χ3v) is 5.28. The van der Waals surface area contributed by atoms with E-state index in [0.29, 0.717) is 36.2 Å². The largest absolute Gasteiger partial charge is 0.488 e. The number of carbonyl (C=O) groups excluding carboxylic acids is 2. The monoisotopic (exact) mass is 491 g/mol. The molecule has 0 unspecified atom stereocenters. The minimum absolute atomic E-state index is 0.126. The number of hydrogen-bond acceptors (Lipinski definition) is 5. The number of esters is 1. The number of para-hydroxylation sites is 1. The molecule has 0 saturated heterocycles.